The molecule has 0 bridgehead atoms. The number of hydrogen-bond donors (Lipinski definition) is 1. The monoisotopic (exact) mass is 503 g/mol. The lowest BCUT2D eigenvalue weighted by Crippen LogP contribution is -2.52. The second-order valence-electron chi connectivity index (χ2n) is 7.12. The molecule has 1 N–H and O–H groups in total. The first kappa shape index (κ1) is 23.2. The molecule has 2 aliphatic heterocycles. The van der Waals surface area contributed by atoms with Crippen molar-refractivity contribution in [1.82, 2.24) is 15.2 Å². The third kappa shape index (κ3) is 7.36. The Balaban J connectivity index is 0.00000280. The zero-order chi connectivity index (χ0) is 18.7. The van der Waals surface area contributed by atoms with Crippen LogP contribution in [0.15, 0.2) is 29.4 Å². The molecule has 0 aromatic carbocycles. The summed E-state index contributed by atoms with van der Waals surface area (Å²) in [6.07, 6.45) is 5.12. The van der Waals surface area contributed by atoms with E-state index < -0.39 is 0 Å². The molecular weight excluding hydrogens is 469 g/mol. The van der Waals surface area contributed by atoms with Gasteiger partial charge in [-0.2, -0.15) is 0 Å². The smallest absolute Gasteiger partial charge is 0.193 e. The van der Waals surface area contributed by atoms with E-state index in [0.29, 0.717) is 5.92 Å². The fraction of sp³-hybridized carbons (Fsp3) is 0.700. The highest BCUT2D eigenvalue weighted by atomic mass is 127. The molecule has 0 aliphatic carbocycles. The Morgan fingerprint density at radius 2 is 2.04 bits per heavy atom. The molecule has 2 fully saturated rings. The Hall–Kier alpha value is -1.13. The molecule has 1 aromatic heterocycles. The maximum Gasteiger partial charge on any atom is 0.193 e. The summed E-state index contributed by atoms with van der Waals surface area (Å²) in [6.45, 7) is 8.17. The Kier molecular flexibility index (Phi) is 10.9. The lowest BCUT2D eigenvalue weighted by Gasteiger charge is -2.37. The average Bonchev–Trinajstić information content (AvgIpc) is 2.75. The number of anilines is 1. The van der Waals surface area contributed by atoms with Crippen molar-refractivity contribution in [3.63, 3.8) is 0 Å². The molecule has 7 nitrogen and oxygen atoms in total. The van der Waals surface area contributed by atoms with E-state index >= 15 is 0 Å². The van der Waals surface area contributed by atoms with E-state index in [0.717, 1.165) is 90.2 Å². The van der Waals surface area contributed by atoms with Crippen LogP contribution in [0.1, 0.15) is 19.3 Å². The molecule has 3 rings (SSSR count). The molecule has 2 saturated heterocycles. The van der Waals surface area contributed by atoms with Crippen LogP contribution in [0.5, 0.6) is 0 Å². The Bertz CT molecular complexity index is 561. The summed E-state index contributed by atoms with van der Waals surface area (Å²) in [4.78, 5) is 13.5. The van der Waals surface area contributed by atoms with Gasteiger partial charge >= 0.3 is 0 Å². The molecule has 0 saturated carbocycles. The van der Waals surface area contributed by atoms with Crippen LogP contribution in [0.4, 0.5) is 5.82 Å². The van der Waals surface area contributed by atoms with E-state index in [-0.39, 0.29) is 24.0 Å². The van der Waals surface area contributed by atoms with Crippen molar-refractivity contribution in [1.29, 1.82) is 0 Å². The predicted octanol–water partition coefficient (Wildman–Crippen LogP) is 2.23. The van der Waals surface area contributed by atoms with Gasteiger partial charge in [-0.05, 0) is 37.3 Å². The van der Waals surface area contributed by atoms with Crippen LogP contribution in [0.3, 0.4) is 0 Å². The summed E-state index contributed by atoms with van der Waals surface area (Å²) in [5, 5.41) is 3.47. The second kappa shape index (κ2) is 13.2. The van der Waals surface area contributed by atoms with E-state index in [1.165, 1.54) is 0 Å². The molecule has 2 aliphatic rings. The van der Waals surface area contributed by atoms with Gasteiger partial charge in [0, 0.05) is 72.4 Å². The van der Waals surface area contributed by atoms with E-state index in [4.69, 9.17) is 9.47 Å². The zero-order valence-electron chi connectivity index (χ0n) is 16.9. The normalized spacial score (nSPS) is 18.7. The predicted molar refractivity (Wildman–Crippen MR) is 124 cm³/mol. The molecule has 0 radical (unpaired) electrons. The van der Waals surface area contributed by atoms with Gasteiger partial charge in [0.2, 0.25) is 0 Å². The molecule has 158 valence electrons. The average molecular weight is 503 g/mol. The van der Waals surface area contributed by atoms with Gasteiger partial charge in [0.25, 0.3) is 0 Å². The van der Waals surface area contributed by atoms with Gasteiger partial charge in [0.1, 0.15) is 5.82 Å². The summed E-state index contributed by atoms with van der Waals surface area (Å²) < 4.78 is 11.2. The maximum atomic E-state index is 5.83. The summed E-state index contributed by atoms with van der Waals surface area (Å²) in [5.41, 5.74) is 0. The molecule has 0 atom stereocenters. The molecular formula is C20H34IN5O2. The van der Waals surface area contributed by atoms with Crippen molar-refractivity contribution in [3.05, 3.63) is 24.4 Å². The van der Waals surface area contributed by atoms with Crippen LogP contribution in [-0.2, 0) is 9.47 Å². The van der Waals surface area contributed by atoms with Gasteiger partial charge < -0.3 is 24.6 Å². The van der Waals surface area contributed by atoms with E-state index in [2.05, 4.69) is 31.2 Å². The fourth-order valence-corrected chi connectivity index (χ4v) is 3.56. The molecule has 3 heterocycles. The first-order chi connectivity index (χ1) is 13.4. The van der Waals surface area contributed by atoms with Crippen molar-refractivity contribution in [2.24, 2.45) is 10.9 Å². The summed E-state index contributed by atoms with van der Waals surface area (Å²) in [6, 6.07) is 6.07. The maximum absolute atomic E-state index is 5.83. The summed E-state index contributed by atoms with van der Waals surface area (Å²) in [5.74, 6) is 2.72. The van der Waals surface area contributed by atoms with Gasteiger partial charge in [-0.15, -0.1) is 24.0 Å². The van der Waals surface area contributed by atoms with Crippen LogP contribution < -0.4 is 10.2 Å². The minimum absolute atomic E-state index is 0. The number of nitrogens with zero attached hydrogens (tertiary/aromatic N) is 4. The number of aliphatic imine (C=N–C) groups is 1. The topological polar surface area (TPSA) is 62.2 Å². The van der Waals surface area contributed by atoms with Crippen molar-refractivity contribution in [3.8, 4) is 0 Å². The van der Waals surface area contributed by atoms with Gasteiger partial charge in [0.15, 0.2) is 5.96 Å². The number of piperazine rings is 1. The molecule has 0 unspecified atom stereocenters. The largest absolute Gasteiger partial charge is 0.381 e. The minimum atomic E-state index is 0. The second-order valence-corrected chi connectivity index (χ2v) is 7.12. The number of nitrogens with one attached hydrogen (secondary N) is 1. The quantitative estimate of drug-likeness (QED) is 0.267. The van der Waals surface area contributed by atoms with Crippen LogP contribution in [0, 0.1) is 5.92 Å². The zero-order valence-corrected chi connectivity index (χ0v) is 19.2. The number of aromatic nitrogens is 1. The molecule has 28 heavy (non-hydrogen) atoms. The molecule has 0 amide bonds. The van der Waals surface area contributed by atoms with E-state index in [1.54, 1.807) is 0 Å². The van der Waals surface area contributed by atoms with Crippen molar-refractivity contribution >= 4 is 35.8 Å². The minimum Gasteiger partial charge on any atom is -0.381 e. The Labute approximate surface area is 185 Å². The molecule has 1 aromatic rings. The van der Waals surface area contributed by atoms with Crippen molar-refractivity contribution < 1.29 is 9.47 Å². The number of rotatable bonds is 7. The first-order valence-corrected chi connectivity index (χ1v) is 10.1. The van der Waals surface area contributed by atoms with Crippen LogP contribution in [0.2, 0.25) is 0 Å². The number of hydrogen-bond acceptors (Lipinski definition) is 5. The van der Waals surface area contributed by atoms with Crippen LogP contribution in [-0.4, -0.2) is 82.0 Å². The highest BCUT2D eigenvalue weighted by Crippen LogP contribution is 2.15. The first-order valence-electron chi connectivity index (χ1n) is 10.1. The summed E-state index contributed by atoms with van der Waals surface area (Å²) in [7, 11) is 1.86. The van der Waals surface area contributed by atoms with Crippen LogP contribution in [0.25, 0.3) is 0 Å². The van der Waals surface area contributed by atoms with Crippen molar-refractivity contribution in [2.45, 2.75) is 19.3 Å². The molecule has 8 heteroatoms. The van der Waals surface area contributed by atoms with Crippen LogP contribution >= 0.6 is 24.0 Å². The summed E-state index contributed by atoms with van der Waals surface area (Å²) >= 11 is 0. The third-order valence-electron chi connectivity index (χ3n) is 5.21. The number of halogens is 1. The Morgan fingerprint density at radius 1 is 1.25 bits per heavy atom. The van der Waals surface area contributed by atoms with Gasteiger partial charge in [-0.1, -0.05) is 6.07 Å². The van der Waals surface area contributed by atoms with Gasteiger partial charge in [-0.25, -0.2) is 4.98 Å². The van der Waals surface area contributed by atoms with Gasteiger partial charge in [-0.3, -0.25) is 4.99 Å². The lowest BCUT2D eigenvalue weighted by molar-refractivity contribution is 0.0203. The standard InChI is InChI=1S/C20H33N5O2.HI/c1-21-20(23-9-4-14-27-17-18-6-15-26-16-7-18)25-12-10-24(11-13-25)19-5-2-3-8-22-19;/h2-3,5,8,18H,4,6-7,9-17H2,1H3,(H,21,23);1H. The SMILES string of the molecule is CN=C(NCCCOCC1CCOCC1)N1CCN(c2ccccn2)CC1.I. The third-order valence-corrected chi connectivity index (χ3v) is 5.21. The number of guanidine groups is 1. The van der Waals surface area contributed by atoms with Crippen molar-refractivity contribution in [2.75, 3.05) is 71.1 Å². The highest BCUT2D eigenvalue weighted by Gasteiger charge is 2.20. The Morgan fingerprint density at radius 3 is 2.71 bits per heavy atom. The fourth-order valence-electron chi connectivity index (χ4n) is 3.56. The van der Waals surface area contributed by atoms with Gasteiger partial charge in [0.05, 0.1) is 0 Å². The highest BCUT2D eigenvalue weighted by molar-refractivity contribution is 14.0. The lowest BCUT2D eigenvalue weighted by atomic mass is 10.0. The number of ether oxygens (including phenoxy) is 2. The number of pyridine rings is 1. The van der Waals surface area contributed by atoms with E-state index in [1.807, 2.05) is 25.4 Å². The molecule has 0 spiro atoms. The van der Waals surface area contributed by atoms with E-state index in [9.17, 15) is 0 Å².